The average molecular weight is 247 g/mol. The number of carbonyl (C=O) groups is 2. The Morgan fingerprint density at radius 3 is 2.89 bits per heavy atom. The molecule has 2 aromatic rings. The van der Waals surface area contributed by atoms with Crippen LogP contribution < -0.4 is 5.32 Å². The van der Waals surface area contributed by atoms with Crippen LogP contribution in [0.4, 0.5) is 0 Å². The van der Waals surface area contributed by atoms with Gasteiger partial charge in [-0.1, -0.05) is 6.07 Å². The second-order valence-electron chi connectivity index (χ2n) is 3.87. The zero-order chi connectivity index (χ0) is 13.0. The number of hydrogen-bond donors (Lipinski definition) is 2. The summed E-state index contributed by atoms with van der Waals surface area (Å²) in [7, 11) is 0. The average Bonchev–Trinajstić information content (AvgIpc) is 2.76. The topological polar surface area (TPSA) is 83.7 Å². The van der Waals surface area contributed by atoms with E-state index in [1.165, 1.54) is 0 Å². The first kappa shape index (κ1) is 12.1. The monoisotopic (exact) mass is 247 g/mol. The van der Waals surface area contributed by atoms with E-state index in [2.05, 4.69) is 10.3 Å². The van der Waals surface area contributed by atoms with Crippen molar-refractivity contribution < 1.29 is 14.7 Å². The van der Waals surface area contributed by atoms with Crippen molar-refractivity contribution in [2.24, 2.45) is 0 Å². The first-order valence-electron chi connectivity index (χ1n) is 5.56. The fourth-order valence-electron chi connectivity index (χ4n) is 1.57. The Kier molecular flexibility index (Phi) is 3.57. The molecule has 0 radical (unpaired) electrons. The molecule has 0 aromatic carbocycles. The number of carbonyl (C=O) groups excluding carboxylic acids is 1. The first-order valence-corrected chi connectivity index (χ1v) is 5.56. The molecule has 6 nitrogen and oxygen atoms in total. The molecule has 2 rings (SSSR count). The predicted molar refractivity (Wildman–Crippen MR) is 63.9 cm³/mol. The van der Waals surface area contributed by atoms with E-state index in [1.54, 1.807) is 0 Å². The van der Waals surface area contributed by atoms with Gasteiger partial charge in [-0.05, 0) is 12.1 Å². The van der Waals surface area contributed by atoms with Crippen LogP contribution in [0.25, 0.3) is 5.65 Å². The molecule has 0 spiro atoms. The van der Waals surface area contributed by atoms with Crippen molar-refractivity contribution in [2.45, 2.75) is 19.4 Å². The lowest BCUT2D eigenvalue weighted by Gasteiger charge is -2.00. The van der Waals surface area contributed by atoms with Crippen LogP contribution in [0.15, 0.2) is 30.6 Å². The number of pyridine rings is 1. The van der Waals surface area contributed by atoms with E-state index in [9.17, 15) is 9.59 Å². The number of amides is 1. The maximum Gasteiger partial charge on any atom is 0.303 e. The summed E-state index contributed by atoms with van der Waals surface area (Å²) in [5.74, 6) is -1.26. The molecular formula is C12H13N3O3. The minimum Gasteiger partial charge on any atom is -0.481 e. The Morgan fingerprint density at radius 1 is 1.33 bits per heavy atom. The quantitative estimate of drug-likeness (QED) is 0.819. The number of nitrogens with zero attached hydrogens (tertiary/aromatic N) is 2. The molecule has 0 aliphatic heterocycles. The molecule has 2 heterocycles. The van der Waals surface area contributed by atoms with E-state index < -0.39 is 5.97 Å². The van der Waals surface area contributed by atoms with E-state index in [4.69, 9.17) is 5.11 Å². The van der Waals surface area contributed by atoms with Crippen LogP contribution in [0.1, 0.15) is 18.5 Å². The van der Waals surface area contributed by atoms with E-state index in [0.717, 1.165) is 11.3 Å². The standard InChI is InChI=1S/C12H13N3O3/c16-11(4-5-12(17)18)13-7-9-8-15-6-2-1-3-10(15)14-9/h1-3,6,8H,4-5,7H2,(H,13,16)(H,17,18). The third-order valence-corrected chi connectivity index (χ3v) is 2.45. The van der Waals surface area contributed by atoms with Crippen molar-refractivity contribution in [3.63, 3.8) is 0 Å². The summed E-state index contributed by atoms with van der Waals surface area (Å²) in [5, 5.41) is 11.1. The zero-order valence-electron chi connectivity index (χ0n) is 9.67. The Bertz CT molecular complexity index is 544. The third-order valence-electron chi connectivity index (χ3n) is 2.45. The number of fused-ring (bicyclic) bond motifs is 1. The first-order chi connectivity index (χ1) is 8.65. The number of aromatic nitrogens is 2. The van der Waals surface area contributed by atoms with Gasteiger partial charge in [0.15, 0.2) is 0 Å². The van der Waals surface area contributed by atoms with Gasteiger partial charge in [-0.15, -0.1) is 0 Å². The Hall–Kier alpha value is -2.37. The summed E-state index contributed by atoms with van der Waals surface area (Å²) < 4.78 is 1.86. The summed E-state index contributed by atoms with van der Waals surface area (Å²) in [6, 6.07) is 5.65. The lowest BCUT2D eigenvalue weighted by molar-refractivity contribution is -0.138. The smallest absolute Gasteiger partial charge is 0.303 e. The number of imidazole rings is 1. The third kappa shape index (κ3) is 3.07. The van der Waals surface area contributed by atoms with Crippen molar-refractivity contribution in [3.05, 3.63) is 36.3 Å². The van der Waals surface area contributed by atoms with Gasteiger partial charge in [0.2, 0.25) is 5.91 Å². The molecule has 0 bridgehead atoms. The van der Waals surface area contributed by atoms with Crippen molar-refractivity contribution >= 4 is 17.5 Å². The molecule has 6 heteroatoms. The van der Waals surface area contributed by atoms with Crippen molar-refractivity contribution in [1.82, 2.24) is 14.7 Å². The van der Waals surface area contributed by atoms with Gasteiger partial charge in [0.1, 0.15) is 5.65 Å². The molecule has 0 saturated carbocycles. The highest BCUT2D eigenvalue weighted by atomic mass is 16.4. The van der Waals surface area contributed by atoms with Gasteiger partial charge in [0.05, 0.1) is 18.7 Å². The molecule has 0 aliphatic rings. The van der Waals surface area contributed by atoms with Crippen LogP contribution in [-0.4, -0.2) is 26.4 Å². The molecular weight excluding hydrogens is 234 g/mol. The summed E-state index contributed by atoms with van der Waals surface area (Å²) in [5.41, 5.74) is 1.55. The highest BCUT2D eigenvalue weighted by molar-refractivity contribution is 5.80. The molecule has 0 fully saturated rings. The molecule has 1 amide bonds. The lowest BCUT2D eigenvalue weighted by Crippen LogP contribution is -2.23. The van der Waals surface area contributed by atoms with Crippen molar-refractivity contribution in [1.29, 1.82) is 0 Å². The molecule has 94 valence electrons. The van der Waals surface area contributed by atoms with Crippen LogP contribution in [0, 0.1) is 0 Å². The molecule has 2 N–H and O–H groups in total. The summed E-state index contributed by atoms with van der Waals surface area (Å²) in [4.78, 5) is 25.9. The van der Waals surface area contributed by atoms with Gasteiger partial charge < -0.3 is 14.8 Å². The van der Waals surface area contributed by atoms with Gasteiger partial charge in [-0.3, -0.25) is 9.59 Å². The molecule has 18 heavy (non-hydrogen) atoms. The second-order valence-corrected chi connectivity index (χ2v) is 3.87. The van der Waals surface area contributed by atoms with Crippen LogP contribution in [0.3, 0.4) is 0 Å². The molecule has 0 unspecified atom stereocenters. The summed E-state index contributed by atoms with van der Waals surface area (Å²) >= 11 is 0. The van der Waals surface area contributed by atoms with Crippen LogP contribution in [0.2, 0.25) is 0 Å². The van der Waals surface area contributed by atoms with Gasteiger partial charge >= 0.3 is 5.97 Å². The fourth-order valence-corrected chi connectivity index (χ4v) is 1.57. The van der Waals surface area contributed by atoms with Crippen LogP contribution in [-0.2, 0) is 16.1 Å². The maximum atomic E-state index is 11.3. The van der Waals surface area contributed by atoms with E-state index >= 15 is 0 Å². The molecule has 0 atom stereocenters. The lowest BCUT2D eigenvalue weighted by atomic mass is 10.3. The van der Waals surface area contributed by atoms with Gasteiger partial charge in [-0.2, -0.15) is 0 Å². The number of hydrogen-bond acceptors (Lipinski definition) is 3. The SMILES string of the molecule is O=C(O)CCC(=O)NCc1cn2ccccc2n1. The van der Waals surface area contributed by atoms with E-state index in [1.807, 2.05) is 35.0 Å². The normalized spacial score (nSPS) is 10.4. The summed E-state index contributed by atoms with van der Waals surface area (Å²) in [6.45, 7) is 0.306. The highest BCUT2D eigenvalue weighted by Gasteiger charge is 2.06. The van der Waals surface area contributed by atoms with Gasteiger partial charge in [0, 0.05) is 18.8 Å². The zero-order valence-corrected chi connectivity index (χ0v) is 9.67. The Labute approximate surface area is 103 Å². The largest absolute Gasteiger partial charge is 0.481 e. The molecule has 2 aromatic heterocycles. The van der Waals surface area contributed by atoms with E-state index in [0.29, 0.717) is 6.54 Å². The molecule has 0 saturated heterocycles. The minimum absolute atomic E-state index is 0.0112. The maximum absolute atomic E-state index is 11.3. The van der Waals surface area contributed by atoms with Crippen LogP contribution >= 0.6 is 0 Å². The number of carboxylic acids is 1. The number of rotatable bonds is 5. The number of aliphatic carboxylic acids is 1. The Morgan fingerprint density at radius 2 is 2.17 bits per heavy atom. The highest BCUT2D eigenvalue weighted by Crippen LogP contribution is 2.04. The second kappa shape index (κ2) is 5.31. The number of nitrogens with one attached hydrogen (secondary N) is 1. The fraction of sp³-hybridized carbons (Fsp3) is 0.250. The Balaban J connectivity index is 1.90. The number of carboxylic acid groups (broad SMARTS) is 1. The summed E-state index contributed by atoms with van der Waals surface area (Å²) in [6.07, 6.45) is 3.53. The predicted octanol–water partition coefficient (Wildman–Crippen LogP) is 0.815. The van der Waals surface area contributed by atoms with Crippen molar-refractivity contribution in [2.75, 3.05) is 0 Å². The van der Waals surface area contributed by atoms with Gasteiger partial charge in [0.25, 0.3) is 0 Å². The van der Waals surface area contributed by atoms with Crippen molar-refractivity contribution in [3.8, 4) is 0 Å². The van der Waals surface area contributed by atoms with E-state index in [-0.39, 0.29) is 18.7 Å². The van der Waals surface area contributed by atoms with Gasteiger partial charge in [-0.25, -0.2) is 4.98 Å². The molecule has 0 aliphatic carbocycles. The van der Waals surface area contributed by atoms with Crippen LogP contribution in [0.5, 0.6) is 0 Å². The minimum atomic E-state index is -0.974.